The molecule has 0 aliphatic heterocycles. The SMILES string of the molecule is Nc1[nH]c(=S)ncc1-c1nc(C2CC2)no1. The van der Waals surface area contributed by atoms with Crippen LogP contribution >= 0.6 is 12.2 Å². The van der Waals surface area contributed by atoms with E-state index in [2.05, 4.69) is 20.1 Å². The number of hydrogen-bond donors (Lipinski definition) is 2. The van der Waals surface area contributed by atoms with E-state index < -0.39 is 0 Å². The molecule has 0 atom stereocenters. The Kier molecular flexibility index (Phi) is 2.00. The number of nitrogens with zero attached hydrogens (tertiary/aromatic N) is 3. The molecule has 7 heteroatoms. The standard InChI is InChI=1S/C9H9N5OS/c10-6-5(3-11-9(16)12-6)8-13-7(14-15-8)4-1-2-4/h3-4H,1-2H2,(H3,10,11,12,16). The summed E-state index contributed by atoms with van der Waals surface area (Å²) in [6.07, 6.45) is 3.80. The molecule has 1 fully saturated rings. The van der Waals surface area contributed by atoms with E-state index in [0.29, 0.717) is 28.0 Å². The fraction of sp³-hybridized carbons (Fsp3) is 0.333. The van der Waals surface area contributed by atoms with Crippen molar-refractivity contribution in [2.24, 2.45) is 0 Å². The average molecular weight is 235 g/mol. The van der Waals surface area contributed by atoms with E-state index in [9.17, 15) is 0 Å². The van der Waals surface area contributed by atoms with Crippen LogP contribution in [-0.2, 0) is 0 Å². The molecule has 0 amide bonds. The highest BCUT2D eigenvalue weighted by molar-refractivity contribution is 7.71. The van der Waals surface area contributed by atoms with Crippen molar-refractivity contribution < 1.29 is 4.52 Å². The van der Waals surface area contributed by atoms with Crippen LogP contribution in [0.3, 0.4) is 0 Å². The van der Waals surface area contributed by atoms with Gasteiger partial charge in [-0.1, -0.05) is 5.16 Å². The third-order valence-electron chi connectivity index (χ3n) is 2.46. The van der Waals surface area contributed by atoms with E-state index in [0.717, 1.165) is 18.7 Å². The summed E-state index contributed by atoms with van der Waals surface area (Å²) < 4.78 is 5.47. The van der Waals surface area contributed by atoms with Crippen molar-refractivity contribution in [1.82, 2.24) is 20.1 Å². The number of anilines is 1. The molecule has 1 saturated carbocycles. The van der Waals surface area contributed by atoms with Gasteiger partial charge in [0, 0.05) is 12.1 Å². The summed E-state index contributed by atoms with van der Waals surface area (Å²) in [5.41, 5.74) is 6.36. The Labute approximate surface area is 95.9 Å². The largest absolute Gasteiger partial charge is 0.384 e. The van der Waals surface area contributed by atoms with E-state index in [1.165, 1.54) is 0 Å². The van der Waals surface area contributed by atoms with Crippen LogP contribution < -0.4 is 5.73 Å². The van der Waals surface area contributed by atoms with Gasteiger partial charge in [0.2, 0.25) is 0 Å². The van der Waals surface area contributed by atoms with Gasteiger partial charge in [0.05, 0.1) is 5.56 Å². The third-order valence-corrected chi connectivity index (χ3v) is 2.66. The van der Waals surface area contributed by atoms with Gasteiger partial charge in [-0.3, -0.25) is 0 Å². The van der Waals surface area contributed by atoms with Gasteiger partial charge in [-0.25, -0.2) is 4.98 Å². The first-order valence-electron chi connectivity index (χ1n) is 4.93. The van der Waals surface area contributed by atoms with Gasteiger partial charge < -0.3 is 15.2 Å². The minimum absolute atomic E-state index is 0.336. The highest BCUT2D eigenvalue weighted by Crippen LogP contribution is 2.39. The van der Waals surface area contributed by atoms with Gasteiger partial charge in [0.1, 0.15) is 5.82 Å². The number of aromatic amines is 1. The van der Waals surface area contributed by atoms with Gasteiger partial charge in [0.15, 0.2) is 10.6 Å². The first kappa shape index (κ1) is 9.46. The molecule has 6 nitrogen and oxygen atoms in total. The average Bonchev–Trinajstić information content (AvgIpc) is 2.98. The minimum Gasteiger partial charge on any atom is -0.384 e. The molecule has 0 saturated heterocycles. The second-order valence-electron chi connectivity index (χ2n) is 3.75. The summed E-state index contributed by atoms with van der Waals surface area (Å²) in [5.74, 6) is 1.98. The zero-order valence-electron chi connectivity index (χ0n) is 8.30. The zero-order chi connectivity index (χ0) is 11.1. The number of nitrogens with one attached hydrogen (secondary N) is 1. The van der Waals surface area contributed by atoms with Gasteiger partial charge in [-0.05, 0) is 25.1 Å². The molecule has 82 valence electrons. The van der Waals surface area contributed by atoms with Crippen LogP contribution in [0.5, 0.6) is 0 Å². The molecule has 3 N–H and O–H groups in total. The lowest BCUT2D eigenvalue weighted by atomic mass is 10.3. The summed E-state index contributed by atoms with van der Waals surface area (Å²) in [7, 11) is 0. The number of nitrogen functional groups attached to an aromatic ring is 1. The van der Waals surface area contributed by atoms with E-state index in [4.69, 9.17) is 22.5 Å². The molecule has 1 aliphatic rings. The number of hydrogen-bond acceptors (Lipinski definition) is 6. The van der Waals surface area contributed by atoms with Crippen molar-refractivity contribution in [1.29, 1.82) is 0 Å². The van der Waals surface area contributed by atoms with Gasteiger partial charge in [-0.15, -0.1) is 0 Å². The molecular weight excluding hydrogens is 226 g/mol. The molecule has 0 bridgehead atoms. The molecule has 16 heavy (non-hydrogen) atoms. The second-order valence-corrected chi connectivity index (χ2v) is 4.13. The monoisotopic (exact) mass is 235 g/mol. The molecule has 2 aromatic heterocycles. The smallest absolute Gasteiger partial charge is 0.263 e. The number of rotatable bonds is 2. The van der Waals surface area contributed by atoms with Gasteiger partial charge >= 0.3 is 0 Å². The van der Waals surface area contributed by atoms with E-state index in [-0.39, 0.29) is 0 Å². The van der Waals surface area contributed by atoms with Crippen LogP contribution in [0.15, 0.2) is 10.7 Å². The Balaban J connectivity index is 2.03. The second kappa shape index (κ2) is 3.38. The molecule has 0 unspecified atom stereocenters. The topological polar surface area (TPSA) is 93.6 Å². The predicted octanol–water partition coefficient (Wildman–Crippen LogP) is 1.65. The van der Waals surface area contributed by atoms with E-state index in [1.807, 2.05) is 0 Å². The minimum atomic E-state index is 0.336. The molecule has 1 aliphatic carbocycles. The van der Waals surface area contributed by atoms with Gasteiger partial charge in [0.25, 0.3) is 5.89 Å². The van der Waals surface area contributed by atoms with Crippen molar-refractivity contribution in [3.63, 3.8) is 0 Å². The van der Waals surface area contributed by atoms with Crippen LogP contribution in [0.4, 0.5) is 5.82 Å². The predicted molar refractivity (Wildman–Crippen MR) is 59.1 cm³/mol. The van der Waals surface area contributed by atoms with Crippen LogP contribution in [0, 0.1) is 4.77 Å². The molecule has 2 aromatic rings. The van der Waals surface area contributed by atoms with Crippen molar-refractivity contribution in [2.75, 3.05) is 5.73 Å². The Morgan fingerprint density at radius 1 is 1.50 bits per heavy atom. The van der Waals surface area contributed by atoms with Crippen LogP contribution in [0.1, 0.15) is 24.6 Å². The number of H-pyrrole nitrogens is 1. The highest BCUT2D eigenvalue weighted by Gasteiger charge is 2.29. The van der Waals surface area contributed by atoms with Crippen LogP contribution in [0.2, 0.25) is 0 Å². The van der Waals surface area contributed by atoms with Crippen LogP contribution in [0.25, 0.3) is 11.5 Å². The lowest BCUT2D eigenvalue weighted by Crippen LogP contribution is -1.96. The Morgan fingerprint density at radius 2 is 2.31 bits per heavy atom. The number of aromatic nitrogens is 4. The summed E-state index contributed by atoms with van der Waals surface area (Å²) >= 11 is 4.85. The van der Waals surface area contributed by atoms with E-state index in [1.54, 1.807) is 6.20 Å². The normalized spacial score (nSPS) is 15.2. The lowest BCUT2D eigenvalue weighted by molar-refractivity contribution is 0.422. The van der Waals surface area contributed by atoms with Crippen molar-refractivity contribution in [3.05, 3.63) is 16.8 Å². The summed E-state index contributed by atoms with van der Waals surface area (Å²) in [4.78, 5) is 11.0. The number of nitrogens with two attached hydrogens (primary N) is 1. The maximum Gasteiger partial charge on any atom is 0.263 e. The first-order valence-corrected chi connectivity index (χ1v) is 5.33. The molecule has 3 rings (SSSR count). The lowest BCUT2D eigenvalue weighted by Gasteiger charge is -1.97. The highest BCUT2D eigenvalue weighted by atomic mass is 32.1. The quantitative estimate of drug-likeness (QED) is 0.769. The Hall–Kier alpha value is -1.76. The van der Waals surface area contributed by atoms with Crippen molar-refractivity contribution in [2.45, 2.75) is 18.8 Å². The Bertz CT molecular complexity index is 586. The summed E-state index contributed by atoms with van der Waals surface area (Å²) in [6, 6.07) is 0. The van der Waals surface area contributed by atoms with Gasteiger partial charge in [-0.2, -0.15) is 4.98 Å². The Morgan fingerprint density at radius 3 is 3.00 bits per heavy atom. The fourth-order valence-electron chi connectivity index (χ4n) is 1.43. The molecule has 0 aromatic carbocycles. The summed E-state index contributed by atoms with van der Waals surface area (Å²) in [5, 5.41) is 3.91. The maximum absolute atomic E-state index is 5.76. The maximum atomic E-state index is 5.76. The molecule has 2 heterocycles. The molecular formula is C9H9N5OS. The molecule has 0 spiro atoms. The first-order chi connectivity index (χ1) is 7.74. The third kappa shape index (κ3) is 1.58. The van der Waals surface area contributed by atoms with Crippen molar-refractivity contribution in [3.8, 4) is 11.5 Å². The van der Waals surface area contributed by atoms with Crippen LogP contribution in [-0.4, -0.2) is 20.1 Å². The zero-order valence-corrected chi connectivity index (χ0v) is 9.12. The fourth-order valence-corrected chi connectivity index (χ4v) is 1.59. The molecule has 0 radical (unpaired) electrons. The summed E-state index contributed by atoms with van der Waals surface area (Å²) in [6.45, 7) is 0. The van der Waals surface area contributed by atoms with E-state index >= 15 is 0 Å². The van der Waals surface area contributed by atoms with Crippen molar-refractivity contribution >= 4 is 18.0 Å².